The summed E-state index contributed by atoms with van der Waals surface area (Å²) in [6.07, 6.45) is 3.19. The van der Waals surface area contributed by atoms with Crippen molar-refractivity contribution in [3.05, 3.63) is 0 Å². The monoisotopic (exact) mass is 542 g/mol. The van der Waals surface area contributed by atoms with Crippen LogP contribution < -0.4 is 0 Å². The highest BCUT2D eigenvalue weighted by molar-refractivity contribution is 6.03. The first kappa shape index (κ1) is 39.1. The van der Waals surface area contributed by atoms with E-state index in [1.165, 1.54) is 47.8 Å². The van der Waals surface area contributed by atoms with Crippen molar-refractivity contribution in [3.8, 4) is 0 Å². The third-order valence-electron chi connectivity index (χ3n) is 5.20. The Labute approximate surface area is 226 Å². The molecule has 218 valence electrons. The summed E-state index contributed by atoms with van der Waals surface area (Å²) in [4.78, 5) is 88.6. The summed E-state index contributed by atoms with van der Waals surface area (Å²) >= 11 is 0. The van der Waals surface area contributed by atoms with E-state index in [0.29, 0.717) is 51.4 Å². The Kier molecular flexibility index (Phi) is 22.2. The molecule has 4 saturated heterocycles. The van der Waals surface area contributed by atoms with Gasteiger partial charge in [0.15, 0.2) is 0 Å². The molecule has 0 unspecified atom stereocenters. The number of rotatable bonds is 0. The van der Waals surface area contributed by atoms with E-state index in [1.54, 1.807) is 0 Å². The molecule has 38 heavy (non-hydrogen) atoms. The first-order valence-corrected chi connectivity index (χ1v) is 13.0. The number of imide groups is 4. The molecule has 0 spiro atoms. The predicted octanol–water partition coefficient (Wildman–Crippen LogP) is 2.14. The van der Waals surface area contributed by atoms with Gasteiger partial charge in [-0.15, -0.1) is 0 Å². The van der Waals surface area contributed by atoms with Crippen LogP contribution in [0.4, 0.5) is 0 Å². The summed E-state index contributed by atoms with van der Waals surface area (Å²) < 4.78 is 0. The molecule has 0 bridgehead atoms. The molecular weight excluding hydrogens is 496 g/mol. The Morgan fingerprint density at radius 1 is 0.289 bits per heavy atom. The lowest BCUT2D eigenvalue weighted by atomic mass is 10.4. The molecule has 0 N–H and O–H groups in total. The van der Waals surface area contributed by atoms with E-state index in [2.05, 4.69) is 0 Å². The third kappa shape index (κ3) is 13.8. The minimum atomic E-state index is -0.0602. The number of carbonyl (C=O) groups is 8. The van der Waals surface area contributed by atoms with Crippen molar-refractivity contribution in [1.82, 2.24) is 19.6 Å². The largest absolute Gasteiger partial charge is 0.286 e. The lowest BCUT2D eigenvalue weighted by molar-refractivity contribution is -0.138. The van der Waals surface area contributed by atoms with Gasteiger partial charge in [-0.1, -0.05) is 41.5 Å². The molecule has 12 nitrogen and oxygen atoms in total. The minimum Gasteiger partial charge on any atom is -0.286 e. The molecule has 4 aliphatic heterocycles. The van der Waals surface area contributed by atoms with Crippen molar-refractivity contribution in [2.75, 3.05) is 28.2 Å². The number of hydrogen-bond acceptors (Lipinski definition) is 8. The molecule has 4 aliphatic rings. The van der Waals surface area contributed by atoms with Crippen LogP contribution in [0.3, 0.4) is 0 Å². The van der Waals surface area contributed by atoms with Crippen molar-refractivity contribution in [2.45, 2.75) is 92.9 Å². The van der Waals surface area contributed by atoms with Crippen LogP contribution in [-0.2, 0) is 38.4 Å². The molecule has 0 saturated carbocycles. The Hall–Kier alpha value is -3.44. The number of nitrogens with zero attached hydrogens (tertiary/aromatic N) is 4. The van der Waals surface area contributed by atoms with Crippen LogP contribution >= 0.6 is 0 Å². The van der Waals surface area contributed by atoms with Crippen LogP contribution in [0.5, 0.6) is 0 Å². The first-order valence-electron chi connectivity index (χ1n) is 13.0. The van der Waals surface area contributed by atoms with Gasteiger partial charge >= 0.3 is 0 Å². The number of likely N-dealkylation sites (tertiary alicyclic amines) is 4. The van der Waals surface area contributed by atoms with Gasteiger partial charge < -0.3 is 0 Å². The zero-order valence-corrected chi connectivity index (χ0v) is 24.7. The third-order valence-corrected chi connectivity index (χ3v) is 5.20. The lowest BCUT2D eigenvalue weighted by Gasteiger charge is -2.01. The fourth-order valence-electron chi connectivity index (χ4n) is 2.75. The van der Waals surface area contributed by atoms with Crippen LogP contribution in [0, 0.1) is 0 Å². The second-order valence-corrected chi connectivity index (χ2v) is 7.39. The summed E-state index contributed by atoms with van der Waals surface area (Å²) in [5.74, 6) is -0.481. The van der Waals surface area contributed by atoms with Gasteiger partial charge in [-0.3, -0.25) is 58.0 Å². The molecule has 0 aliphatic carbocycles. The summed E-state index contributed by atoms with van der Waals surface area (Å²) in [6, 6.07) is 0. The van der Waals surface area contributed by atoms with Gasteiger partial charge in [0.1, 0.15) is 0 Å². The summed E-state index contributed by atoms with van der Waals surface area (Å²) in [5, 5.41) is 0. The van der Waals surface area contributed by atoms with E-state index in [9.17, 15) is 38.4 Å². The zero-order valence-electron chi connectivity index (χ0n) is 24.7. The van der Waals surface area contributed by atoms with Crippen molar-refractivity contribution in [2.24, 2.45) is 0 Å². The van der Waals surface area contributed by atoms with E-state index in [1.807, 2.05) is 41.5 Å². The Bertz CT molecular complexity index is 641. The van der Waals surface area contributed by atoms with Gasteiger partial charge in [-0.25, -0.2) is 0 Å². The average molecular weight is 543 g/mol. The first-order chi connectivity index (χ1) is 17.9. The maximum atomic E-state index is 10.5. The normalized spacial score (nSPS) is 17.6. The van der Waals surface area contributed by atoms with Crippen molar-refractivity contribution < 1.29 is 38.4 Å². The number of carbonyl (C=O) groups excluding carboxylic acids is 8. The molecule has 4 rings (SSSR count). The highest BCUT2D eigenvalue weighted by Crippen LogP contribution is 2.09. The smallest absolute Gasteiger partial charge is 0.229 e. The summed E-state index contributed by atoms with van der Waals surface area (Å²) in [6.45, 7) is 12.0. The van der Waals surface area contributed by atoms with Crippen molar-refractivity contribution in [1.29, 1.82) is 0 Å². The second-order valence-electron chi connectivity index (χ2n) is 7.39. The van der Waals surface area contributed by atoms with Gasteiger partial charge in [0, 0.05) is 79.6 Å². The van der Waals surface area contributed by atoms with E-state index < -0.39 is 0 Å². The van der Waals surface area contributed by atoms with Crippen molar-refractivity contribution in [3.63, 3.8) is 0 Å². The van der Waals surface area contributed by atoms with Crippen LogP contribution in [0.1, 0.15) is 92.9 Å². The second kappa shape index (κ2) is 21.6. The Balaban J connectivity index is -0.000000402. The van der Waals surface area contributed by atoms with Crippen LogP contribution in [0.2, 0.25) is 0 Å². The molecular formula is C26H46N4O8. The van der Waals surface area contributed by atoms with Crippen molar-refractivity contribution >= 4 is 47.3 Å². The van der Waals surface area contributed by atoms with Crippen LogP contribution in [0.25, 0.3) is 0 Å². The molecule has 12 heteroatoms. The Morgan fingerprint density at radius 3 is 0.395 bits per heavy atom. The van der Waals surface area contributed by atoms with Gasteiger partial charge in [0.2, 0.25) is 47.3 Å². The van der Waals surface area contributed by atoms with Crippen LogP contribution in [-0.4, -0.2) is 95.0 Å². The van der Waals surface area contributed by atoms with E-state index in [4.69, 9.17) is 0 Å². The lowest BCUT2D eigenvalue weighted by Crippen LogP contribution is -2.23. The van der Waals surface area contributed by atoms with Crippen LogP contribution in [0.15, 0.2) is 0 Å². The molecule has 4 fully saturated rings. The topological polar surface area (TPSA) is 150 Å². The molecule has 4 heterocycles. The number of amides is 8. The van der Waals surface area contributed by atoms with E-state index >= 15 is 0 Å². The highest BCUT2D eigenvalue weighted by atomic mass is 16.2. The van der Waals surface area contributed by atoms with E-state index in [0.717, 1.165) is 0 Å². The molecule has 0 radical (unpaired) electrons. The fourth-order valence-corrected chi connectivity index (χ4v) is 2.75. The van der Waals surface area contributed by atoms with Gasteiger partial charge in [-0.2, -0.15) is 0 Å². The molecule has 8 amide bonds. The highest BCUT2D eigenvalue weighted by Gasteiger charge is 2.26. The summed E-state index contributed by atoms with van der Waals surface area (Å²) in [5.41, 5.74) is 0. The van der Waals surface area contributed by atoms with Gasteiger partial charge in [-0.05, 0) is 0 Å². The zero-order chi connectivity index (χ0) is 30.6. The quantitative estimate of drug-likeness (QED) is 0.423. The fraction of sp³-hybridized carbons (Fsp3) is 0.692. The maximum Gasteiger partial charge on any atom is 0.229 e. The molecule has 0 aromatic heterocycles. The maximum absolute atomic E-state index is 10.5. The molecule has 0 aromatic carbocycles. The SMILES string of the molecule is CC.CC.CC.CN1C(=O)CCC1=O.CN1C(=O)CCC1=O.CN1C(=O)CCC1=O.CN1C(=O)CCC1=O. The minimum absolute atomic E-state index is 0.0602. The standard InChI is InChI=1S/4C5H7NO2.3C2H6/c4*1-6-4(7)2-3-5(6)8;3*1-2/h4*2-3H2,1H3;3*1-2H3. The Morgan fingerprint density at radius 2 is 0.368 bits per heavy atom. The van der Waals surface area contributed by atoms with Gasteiger partial charge in [0.05, 0.1) is 0 Å². The van der Waals surface area contributed by atoms with E-state index in [-0.39, 0.29) is 47.3 Å². The molecule has 0 aromatic rings. The molecule has 0 atom stereocenters. The average Bonchev–Trinajstić information content (AvgIpc) is 3.62. The number of hydrogen-bond donors (Lipinski definition) is 0. The van der Waals surface area contributed by atoms with Gasteiger partial charge in [0.25, 0.3) is 0 Å². The summed E-state index contributed by atoms with van der Waals surface area (Å²) in [7, 11) is 6.05. The predicted molar refractivity (Wildman–Crippen MR) is 142 cm³/mol.